The zero-order valence-corrected chi connectivity index (χ0v) is 15.3. The summed E-state index contributed by atoms with van der Waals surface area (Å²) < 4.78 is 0. The lowest BCUT2D eigenvalue weighted by Crippen LogP contribution is -2.23. The third-order valence-corrected chi connectivity index (χ3v) is 4.20. The summed E-state index contributed by atoms with van der Waals surface area (Å²) in [6, 6.07) is 17.0. The van der Waals surface area contributed by atoms with Gasteiger partial charge in [0.1, 0.15) is 0 Å². The van der Waals surface area contributed by atoms with Crippen LogP contribution in [0.25, 0.3) is 0 Å². The summed E-state index contributed by atoms with van der Waals surface area (Å²) in [5.41, 5.74) is 4.46. The number of carbonyl (C=O) groups is 2. The highest BCUT2D eigenvalue weighted by molar-refractivity contribution is 6.06. The molecule has 0 aliphatic heterocycles. The first-order valence-electron chi connectivity index (χ1n) is 8.69. The van der Waals surface area contributed by atoms with Gasteiger partial charge in [-0.2, -0.15) is 0 Å². The number of benzene rings is 2. The van der Waals surface area contributed by atoms with E-state index in [1.807, 2.05) is 62.4 Å². The molecule has 0 radical (unpaired) electrons. The molecule has 2 amide bonds. The molecule has 0 aliphatic carbocycles. The van der Waals surface area contributed by atoms with E-state index in [0.29, 0.717) is 17.7 Å². The first-order chi connectivity index (χ1) is 13.0. The molecule has 0 aliphatic rings. The standard InChI is InChI=1S/C22H21N3O2/c1-15-8-9-16(2)20(10-15)25-22(27)19-11-18(13-23-14-19)21(26)24-12-17-6-4-3-5-7-17/h3-11,13-14H,12H2,1-2H3,(H,24,26)(H,25,27). The number of hydrogen-bond donors (Lipinski definition) is 2. The molecule has 5 nitrogen and oxygen atoms in total. The van der Waals surface area contributed by atoms with E-state index in [9.17, 15) is 9.59 Å². The average molecular weight is 359 g/mol. The summed E-state index contributed by atoms with van der Waals surface area (Å²) in [7, 11) is 0. The van der Waals surface area contributed by atoms with E-state index in [1.54, 1.807) is 6.07 Å². The highest BCUT2D eigenvalue weighted by atomic mass is 16.2. The maximum atomic E-state index is 12.5. The predicted octanol–water partition coefficient (Wildman–Crippen LogP) is 3.88. The number of nitrogens with one attached hydrogen (secondary N) is 2. The Balaban J connectivity index is 1.69. The lowest BCUT2D eigenvalue weighted by molar-refractivity contribution is 0.0950. The van der Waals surface area contributed by atoms with E-state index in [4.69, 9.17) is 0 Å². The number of anilines is 1. The van der Waals surface area contributed by atoms with Gasteiger partial charge in [0, 0.05) is 24.6 Å². The van der Waals surface area contributed by atoms with Crippen LogP contribution in [-0.4, -0.2) is 16.8 Å². The van der Waals surface area contributed by atoms with E-state index < -0.39 is 0 Å². The number of carbonyl (C=O) groups excluding carboxylic acids is 2. The van der Waals surface area contributed by atoms with Crippen LogP contribution < -0.4 is 10.6 Å². The molecule has 0 unspecified atom stereocenters. The van der Waals surface area contributed by atoms with Gasteiger partial charge in [0.05, 0.1) is 11.1 Å². The van der Waals surface area contributed by atoms with Crippen LogP contribution in [0.4, 0.5) is 5.69 Å². The summed E-state index contributed by atoms with van der Waals surface area (Å²) in [6.45, 7) is 4.31. The summed E-state index contributed by atoms with van der Waals surface area (Å²) in [5, 5.41) is 5.72. The minimum absolute atomic E-state index is 0.271. The van der Waals surface area contributed by atoms with E-state index in [0.717, 1.165) is 22.4 Å². The molecule has 0 atom stereocenters. The summed E-state index contributed by atoms with van der Waals surface area (Å²) >= 11 is 0. The Labute approximate surface area is 158 Å². The third kappa shape index (κ3) is 4.79. The van der Waals surface area contributed by atoms with Crippen molar-refractivity contribution in [2.75, 3.05) is 5.32 Å². The third-order valence-electron chi connectivity index (χ3n) is 4.20. The molecule has 0 bridgehead atoms. The predicted molar refractivity (Wildman–Crippen MR) is 106 cm³/mol. The SMILES string of the molecule is Cc1ccc(C)c(NC(=O)c2cncc(C(=O)NCc3ccccc3)c2)c1. The van der Waals surface area contributed by atoms with Crippen molar-refractivity contribution >= 4 is 17.5 Å². The number of aromatic nitrogens is 1. The smallest absolute Gasteiger partial charge is 0.257 e. The van der Waals surface area contributed by atoms with Crippen LogP contribution in [-0.2, 0) is 6.54 Å². The molecular weight excluding hydrogens is 338 g/mol. The number of pyridine rings is 1. The molecule has 27 heavy (non-hydrogen) atoms. The molecule has 1 heterocycles. The van der Waals surface area contributed by atoms with Gasteiger partial charge >= 0.3 is 0 Å². The largest absolute Gasteiger partial charge is 0.348 e. The highest BCUT2D eigenvalue weighted by Gasteiger charge is 2.12. The van der Waals surface area contributed by atoms with Crippen molar-refractivity contribution in [3.05, 3.63) is 94.8 Å². The Hall–Kier alpha value is -3.47. The van der Waals surface area contributed by atoms with Crippen molar-refractivity contribution in [1.29, 1.82) is 0 Å². The summed E-state index contributed by atoms with van der Waals surface area (Å²) in [5.74, 6) is -0.568. The summed E-state index contributed by atoms with van der Waals surface area (Å²) in [4.78, 5) is 29.0. The van der Waals surface area contributed by atoms with Gasteiger partial charge in [-0.3, -0.25) is 14.6 Å². The molecule has 3 aromatic rings. The molecule has 1 aromatic heterocycles. The van der Waals surface area contributed by atoms with Crippen LogP contribution in [0.2, 0.25) is 0 Å². The topological polar surface area (TPSA) is 71.1 Å². The monoisotopic (exact) mass is 359 g/mol. The fourth-order valence-corrected chi connectivity index (χ4v) is 2.63. The molecule has 3 rings (SSSR count). The lowest BCUT2D eigenvalue weighted by atomic mass is 10.1. The van der Waals surface area contributed by atoms with Gasteiger partial charge in [0.15, 0.2) is 0 Å². The first kappa shape index (κ1) is 18.3. The fraction of sp³-hybridized carbons (Fsp3) is 0.136. The van der Waals surface area contributed by atoms with E-state index >= 15 is 0 Å². The molecular formula is C22H21N3O2. The molecule has 0 fully saturated rings. The van der Waals surface area contributed by atoms with Crippen molar-refractivity contribution in [2.45, 2.75) is 20.4 Å². The van der Waals surface area contributed by atoms with Gasteiger partial charge in [-0.1, -0.05) is 42.5 Å². The van der Waals surface area contributed by atoms with Crippen molar-refractivity contribution in [1.82, 2.24) is 10.3 Å². The molecule has 2 aromatic carbocycles. The van der Waals surface area contributed by atoms with E-state index in [-0.39, 0.29) is 11.8 Å². The Morgan fingerprint density at radius 2 is 1.59 bits per heavy atom. The van der Waals surface area contributed by atoms with Gasteiger partial charge < -0.3 is 10.6 Å². The first-order valence-corrected chi connectivity index (χ1v) is 8.69. The van der Waals surface area contributed by atoms with E-state index in [2.05, 4.69) is 15.6 Å². The van der Waals surface area contributed by atoms with Crippen LogP contribution in [0.1, 0.15) is 37.4 Å². The van der Waals surface area contributed by atoms with Crippen LogP contribution in [0.3, 0.4) is 0 Å². The normalized spacial score (nSPS) is 10.3. The van der Waals surface area contributed by atoms with Gasteiger partial charge in [0.25, 0.3) is 11.8 Å². The Kier molecular flexibility index (Phi) is 5.61. The molecule has 5 heteroatoms. The second-order valence-corrected chi connectivity index (χ2v) is 6.40. The number of aryl methyl sites for hydroxylation is 2. The Morgan fingerprint density at radius 3 is 2.33 bits per heavy atom. The van der Waals surface area contributed by atoms with Gasteiger partial charge in [-0.15, -0.1) is 0 Å². The quantitative estimate of drug-likeness (QED) is 0.726. The number of hydrogen-bond acceptors (Lipinski definition) is 3. The van der Waals surface area contributed by atoms with Crippen LogP contribution >= 0.6 is 0 Å². The van der Waals surface area contributed by atoms with E-state index in [1.165, 1.54) is 12.4 Å². The summed E-state index contributed by atoms with van der Waals surface area (Å²) in [6.07, 6.45) is 2.91. The highest BCUT2D eigenvalue weighted by Crippen LogP contribution is 2.17. The molecule has 0 spiro atoms. The van der Waals surface area contributed by atoms with Crippen molar-refractivity contribution in [2.24, 2.45) is 0 Å². The van der Waals surface area contributed by atoms with Gasteiger partial charge in [0.2, 0.25) is 0 Å². The molecule has 0 saturated heterocycles. The second-order valence-electron chi connectivity index (χ2n) is 6.40. The average Bonchev–Trinajstić information content (AvgIpc) is 2.69. The molecule has 2 N–H and O–H groups in total. The minimum Gasteiger partial charge on any atom is -0.348 e. The van der Waals surface area contributed by atoms with Gasteiger partial charge in [-0.05, 0) is 42.7 Å². The van der Waals surface area contributed by atoms with Crippen molar-refractivity contribution < 1.29 is 9.59 Å². The van der Waals surface area contributed by atoms with Crippen LogP contribution in [0.15, 0.2) is 67.0 Å². The number of rotatable bonds is 5. The maximum Gasteiger partial charge on any atom is 0.257 e. The van der Waals surface area contributed by atoms with Crippen LogP contribution in [0, 0.1) is 13.8 Å². The van der Waals surface area contributed by atoms with Crippen molar-refractivity contribution in [3.8, 4) is 0 Å². The number of nitrogens with zero attached hydrogens (tertiary/aromatic N) is 1. The lowest BCUT2D eigenvalue weighted by Gasteiger charge is -2.10. The zero-order valence-electron chi connectivity index (χ0n) is 15.3. The zero-order chi connectivity index (χ0) is 19.2. The van der Waals surface area contributed by atoms with Crippen molar-refractivity contribution in [3.63, 3.8) is 0 Å². The fourth-order valence-electron chi connectivity index (χ4n) is 2.63. The Bertz CT molecular complexity index is 968. The maximum absolute atomic E-state index is 12.5. The molecule has 136 valence electrons. The second kappa shape index (κ2) is 8.27. The minimum atomic E-state index is -0.297. The Morgan fingerprint density at radius 1 is 0.889 bits per heavy atom. The van der Waals surface area contributed by atoms with Crippen LogP contribution in [0.5, 0.6) is 0 Å². The number of amides is 2. The van der Waals surface area contributed by atoms with Gasteiger partial charge in [-0.25, -0.2) is 0 Å². The molecule has 0 saturated carbocycles.